The number of aromatic hydroxyl groups is 1. The third-order valence-corrected chi connectivity index (χ3v) is 8.15. The molecule has 178 valence electrons. The molecule has 6 rings (SSSR count). The van der Waals surface area contributed by atoms with Crippen LogP contribution in [0.3, 0.4) is 0 Å². The maximum Gasteiger partial charge on any atom is 0.287 e. The highest BCUT2D eigenvalue weighted by Gasteiger charge is 2.53. The molecular weight excluding hydrogens is 432 g/mol. The van der Waals surface area contributed by atoms with Gasteiger partial charge in [-0.3, -0.25) is 0 Å². The van der Waals surface area contributed by atoms with Crippen molar-refractivity contribution in [3.8, 4) is 22.6 Å². The van der Waals surface area contributed by atoms with E-state index in [9.17, 15) is 13.9 Å². The molecule has 0 amide bonds. The Morgan fingerprint density at radius 3 is 2.29 bits per heavy atom. The molecule has 1 saturated carbocycles. The number of phenols is 1. The van der Waals surface area contributed by atoms with Crippen LogP contribution in [0, 0.1) is 10.8 Å². The summed E-state index contributed by atoms with van der Waals surface area (Å²) in [7, 11) is 1.51. The number of hydrogen-bond acceptors (Lipinski definition) is 3. The van der Waals surface area contributed by atoms with Gasteiger partial charge in [0.1, 0.15) is 11.5 Å². The van der Waals surface area contributed by atoms with Crippen LogP contribution in [0.25, 0.3) is 21.9 Å². The van der Waals surface area contributed by atoms with Crippen molar-refractivity contribution in [2.75, 3.05) is 11.9 Å². The molecule has 2 atom stereocenters. The van der Waals surface area contributed by atoms with Gasteiger partial charge in [-0.1, -0.05) is 52.0 Å². The summed E-state index contributed by atoms with van der Waals surface area (Å²) in [5.74, 6) is 0.461. The molecule has 2 unspecified atom stereocenters. The molecule has 3 aromatic rings. The molecule has 34 heavy (non-hydrogen) atoms. The first kappa shape index (κ1) is 21.7. The average molecular weight is 464 g/mol. The van der Waals surface area contributed by atoms with E-state index in [2.05, 4.69) is 45.9 Å². The number of alkyl halides is 2. The molecule has 3 aromatic carbocycles. The zero-order chi connectivity index (χ0) is 24.2. The second-order valence-electron chi connectivity index (χ2n) is 12.1. The van der Waals surface area contributed by atoms with Gasteiger partial charge in [-0.15, -0.1) is 0 Å². The van der Waals surface area contributed by atoms with Gasteiger partial charge in [0, 0.05) is 17.8 Å². The molecule has 1 heterocycles. The highest BCUT2D eigenvalue weighted by Crippen LogP contribution is 2.65. The summed E-state index contributed by atoms with van der Waals surface area (Å²) >= 11 is 0. The topological polar surface area (TPSA) is 32.7 Å². The summed E-state index contributed by atoms with van der Waals surface area (Å²) in [4.78, 5) is 1.23. The summed E-state index contributed by atoms with van der Waals surface area (Å²) in [6.07, 6.45) is -0.845. The number of anilines is 1. The van der Waals surface area contributed by atoms with Gasteiger partial charge in [-0.25, -0.2) is 4.39 Å². The first-order valence-electron chi connectivity index (χ1n) is 12.0. The molecule has 0 radical (unpaired) electrons. The maximum atomic E-state index is 14.3. The zero-order valence-electron chi connectivity index (χ0n) is 20.4. The predicted molar refractivity (Wildman–Crippen MR) is 132 cm³/mol. The number of phenolic OH excluding ortho intramolecular Hbond substituents is 1. The van der Waals surface area contributed by atoms with E-state index in [1.807, 2.05) is 12.1 Å². The smallest absolute Gasteiger partial charge is 0.287 e. The van der Waals surface area contributed by atoms with Crippen molar-refractivity contribution in [1.82, 2.24) is 0 Å². The number of fused-ring (bicyclic) bond motifs is 8. The lowest BCUT2D eigenvalue weighted by molar-refractivity contribution is -0.0147. The van der Waals surface area contributed by atoms with Crippen molar-refractivity contribution in [2.45, 2.75) is 65.0 Å². The summed E-state index contributed by atoms with van der Waals surface area (Å²) in [6, 6.07) is 14.0. The van der Waals surface area contributed by atoms with E-state index >= 15 is 0 Å². The van der Waals surface area contributed by atoms with E-state index in [0.29, 0.717) is 16.8 Å². The minimum Gasteiger partial charge on any atom is -0.507 e. The van der Waals surface area contributed by atoms with Crippen LogP contribution in [-0.4, -0.2) is 24.8 Å². The van der Waals surface area contributed by atoms with E-state index in [-0.39, 0.29) is 22.0 Å². The molecule has 1 spiro atoms. The number of likely N-dealkylation sites (N-methyl/N-ethyl adjacent to an activating group) is 1. The van der Waals surface area contributed by atoms with Crippen molar-refractivity contribution in [1.29, 1.82) is 0 Å². The first-order valence-corrected chi connectivity index (χ1v) is 12.0. The van der Waals surface area contributed by atoms with Crippen molar-refractivity contribution in [2.24, 2.45) is 10.8 Å². The van der Waals surface area contributed by atoms with Crippen molar-refractivity contribution < 1.29 is 18.6 Å². The Morgan fingerprint density at radius 1 is 0.912 bits per heavy atom. The SMILES string of the molecule is CN1c2cc3c(O)cc4c(c3cc2OC(F)C1F)-c1ccccc1C41CC(C)(C)CC(C)(C)C1. The average Bonchev–Trinajstić information content (AvgIpc) is 2.98. The Balaban J connectivity index is 1.68. The van der Waals surface area contributed by atoms with Crippen LogP contribution in [-0.2, 0) is 5.41 Å². The minimum atomic E-state index is -2.06. The number of nitrogens with zero attached hydrogens (tertiary/aromatic N) is 1. The van der Waals surface area contributed by atoms with Crippen LogP contribution in [0.5, 0.6) is 11.5 Å². The van der Waals surface area contributed by atoms with E-state index in [4.69, 9.17) is 4.74 Å². The molecule has 5 heteroatoms. The number of halogens is 2. The Labute approximate surface area is 199 Å². The van der Waals surface area contributed by atoms with Crippen molar-refractivity contribution in [3.05, 3.63) is 53.6 Å². The number of ether oxygens (including phenoxy) is 1. The fourth-order valence-corrected chi connectivity index (χ4v) is 7.70. The van der Waals surface area contributed by atoms with Crippen LogP contribution in [0.1, 0.15) is 58.1 Å². The Bertz CT molecular complexity index is 1330. The van der Waals surface area contributed by atoms with Gasteiger partial charge in [-0.2, -0.15) is 4.39 Å². The molecule has 3 nitrogen and oxygen atoms in total. The molecule has 1 N–H and O–H groups in total. The van der Waals surface area contributed by atoms with E-state index in [0.717, 1.165) is 41.3 Å². The van der Waals surface area contributed by atoms with Gasteiger partial charge < -0.3 is 14.7 Å². The van der Waals surface area contributed by atoms with Gasteiger partial charge in [0.05, 0.1) is 5.69 Å². The molecule has 0 saturated heterocycles. The number of hydrogen-bond donors (Lipinski definition) is 1. The summed E-state index contributed by atoms with van der Waals surface area (Å²) in [5.41, 5.74) is 5.11. The summed E-state index contributed by atoms with van der Waals surface area (Å²) in [5, 5.41) is 12.7. The van der Waals surface area contributed by atoms with E-state index in [1.165, 1.54) is 17.5 Å². The summed E-state index contributed by atoms with van der Waals surface area (Å²) in [6.45, 7) is 9.36. The zero-order valence-corrected chi connectivity index (χ0v) is 20.4. The fraction of sp³-hybridized carbons (Fsp3) is 0.448. The third-order valence-electron chi connectivity index (χ3n) is 8.15. The lowest BCUT2D eigenvalue weighted by atomic mass is 9.52. The van der Waals surface area contributed by atoms with E-state index in [1.54, 1.807) is 12.1 Å². The highest BCUT2D eigenvalue weighted by molar-refractivity contribution is 6.07. The minimum absolute atomic E-state index is 0.125. The number of benzene rings is 3. The lowest BCUT2D eigenvalue weighted by Crippen LogP contribution is -2.43. The Morgan fingerprint density at radius 2 is 1.59 bits per heavy atom. The van der Waals surface area contributed by atoms with Crippen LogP contribution >= 0.6 is 0 Å². The highest BCUT2D eigenvalue weighted by atomic mass is 19.2. The quantitative estimate of drug-likeness (QED) is 0.351. The van der Waals surface area contributed by atoms with Crippen LogP contribution in [0.15, 0.2) is 42.5 Å². The van der Waals surface area contributed by atoms with Crippen LogP contribution in [0.2, 0.25) is 0 Å². The normalized spacial score (nSPS) is 25.6. The lowest BCUT2D eigenvalue weighted by Gasteiger charge is -2.51. The molecule has 2 aliphatic carbocycles. The predicted octanol–water partition coefficient (Wildman–Crippen LogP) is 7.47. The second kappa shape index (κ2) is 6.65. The van der Waals surface area contributed by atoms with Gasteiger partial charge >= 0.3 is 0 Å². The molecule has 1 fully saturated rings. The monoisotopic (exact) mass is 463 g/mol. The molecule has 1 aliphatic heterocycles. The fourth-order valence-electron chi connectivity index (χ4n) is 7.70. The van der Waals surface area contributed by atoms with Gasteiger partial charge in [0.2, 0.25) is 6.30 Å². The third kappa shape index (κ3) is 2.85. The first-order chi connectivity index (χ1) is 15.9. The van der Waals surface area contributed by atoms with Gasteiger partial charge in [0.25, 0.3) is 6.36 Å². The molecular formula is C29H31F2NO2. The second-order valence-corrected chi connectivity index (χ2v) is 12.1. The molecule has 3 aliphatic rings. The standard InChI is InChI=1S/C29H31F2NO2/c1-27(2)13-28(3,4)15-29(14-27)19-9-7-6-8-16(19)24-18-11-23-21(32(5)25(30)26(31)34-23)10-17(18)22(33)12-20(24)29/h6-12,25-26,33H,13-15H2,1-5H3. The van der Waals surface area contributed by atoms with Crippen molar-refractivity contribution in [3.63, 3.8) is 0 Å². The Hall–Kier alpha value is -2.82. The largest absolute Gasteiger partial charge is 0.507 e. The molecule has 0 bridgehead atoms. The van der Waals surface area contributed by atoms with Crippen LogP contribution < -0.4 is 9.64 Å². The van der Waals surface area contributed by atoms with Gasteiger partial charge in [-0.05, 0) is 75.9 Å². The van der Waals surface area contributed by atoms with Crippen molar-refractivity contribution >= 4 is 16.5 Å². The maximum absolute atomic E-state index is 14.3. The Kier molecular flexibility index (Phi) is 4.24. The van der Waals surface area contributed by atoms with Gasteiger partial charge in [0.15, 0.2) is 0 Å². The van der Waals surface area contributed by atoms with E-state index < -0.39 is 12.7 Å². The summed E-state index contributed by atoms with van der Waals surface area (Å²) < 4.78 is 33.9. The van der Waals surface area contributed by atoms with Crippen LogP contribution in [0.4, 0.5) is 14.5 Å². The number of rotatable bonds is 0. The molecule has 0 aromatic heterocycles.